The summed E-state index contributed by atoms with van der Waals surface area (Å²) in [6.07, 6.45) is 3.99. The molecule has 2 N–H and O–H groups in total. The van der Waals surface area contributed by atoms with Gasteiger partial charge in [-0.2, -0.15) is 0 Å². The molecule has 0 radical (unpaired) electrons. The Morgan fingerprint density at radius 2 is 2.00 bits per heavy atom. The Balaban J connectivity index is 1.80. The minimum Gasteiger partial charge on any atom is -0.356 e. The summed E-state index contributed by atoms with van der Waals surface area (Å²) in [6.45, 7) is 15.4. The second-order valence-corrected chi connectivity index (χ2v) is 9.26. The van der Waals surface area contributed by atoms with Crippen LogP contribution in [0, 0.1) is 11.8 Å². The highest BCUT2D eigenvalue weighted by atomic mass is 32.2. The predicted octanol–water partition coefficient (Wildman–Crippen LogP) is 2.48. The first kappa shape index (κ1) is 23.0. The van der Waals surface area contributed by atoms with Gasteiger partial charge in [0, 0.05) is 51.7 Å². The van der Waals surface area contributed by atoms with Crippen LogP contribution in [-0.4, -0.2) is 70.6 Å². The van der Waals surface area contributed by atoms with Crippen molar-refractivity contribution in [2.24, 2.45) is 16.8 Å². The molecule has 0 saturated carbocycles. The van der Waals surface area contributed by atoms with E-state index in [9.17, 15) is 0 Å². The van der Waals surface area contributed by atoms with E-state index in [1.165, 1.54) is 0 Å². The molecule has 1 fully saturated rings. The number of guanidine groups is 1. The summed E-state index contributed by atoms with van der Waals surface area (Å²) in [4.78, 5) is 6.94. The van der Waals surface area contributed by atoms with Crippen LogP contribution in [0.15, 0.2) is 10.1 Å². The van der Waals surface area contributed by atoms with Gasteiger partial charge in [-0.1, -0.05) is 32.5 Å². The summed E-state index contributed by atoms with van der Waals surface area (Å²) in [7, 11) is 1.85. The van der Waals surface area contributed by atoms with Crippen LogP contribution in [0.2, 0.25) is 0 Å². The zero-order chi connectivity index (χ0) is 20.7. The van der Waals surface area contributed by atoms with E-state index in [1.54, 1.807) is 11.8 Å². The average molecular weight is 410 g/mol. The highest BCUT2D eigenvalue weighted by molar-refractivity contribution is 7.98. The lowest BCUT2D eigenvalue weighted by Gasteiger charge is -2.22. The Morgan fingerprint density at radius 1 is 1.25 bits per heavy atom. The van der Waals surface area contributed by atoms with Crippen molar-refractivity contribution in [1.82, 2.24) is 30.3 Å². The van der Waals surface area contributed by atoms with Gasteiger partial charge < -0.3 is 15.2 Å². The van der Waals surface area contributed by atoms with E-state index >= 15 is 0 Å². The molecule has 0 amide bonds. The van der Waals surface area contributed by atoms with Crippen molar-refractivity contribution in [1.29, 1.82) is 0 Å². The third-order valence-corrected chi connectivity index (χ3v) is 5.98. The molecule has 2 atom stereocenters. The van der Waals surface area contributed by atoms with Crippen LogP contribution in [0.3, 0.4) is 0 Å². The smallest absolute Gasteiger partial charge is 0.191 e. The highest BCUT2D eigenvalue weighted by Crippen LogP contribution is 2.19. The normalized spacial score (nSPS) is 21.1. The van der Waals surface area contributed by atoms with Crippen LogP contribution in [0.5, 0.6) is 0 Å². The Hall–Kier alpha value is -1.28. The summed E-state index contributed by atoms with van der Waals surface area (Å²) in [5, 5.41) is 16.8. The number of hydrogen-bond donors (Lipinski definition) is 2. The van der Waals surface area contributed by atoms with Gasteiger partial charge in [-0.15, -0.1) is 10.2 Å². The van der Waals surface area contributed by atoms with E-state index in [2.05, 4.69) is 76.2 Å². The maximum atomic E-state index is 4.41. The summed E-state index contributed by atoms with van der Waals surface area (Å²) in [5.74, 6) is 3.19. The number of aromatic nitrogens is 3. The lowest BCUT2D eigenvalue weighted by Crippen LogP contribution is -2.47. The molecule has 160 valence electrons. The zero-order valence-corrected chi connectivity index (χ0v) is 19.5. The van der Waals surface area contributed by atoms with Crippen molar-refractivity contribution < 1.29 is 0 Å². The molecule has 0 spiro atoms. The van der Waals surface area contributed by atoms with Crippen LogP contribution in [0.1, 0.15) is 46.9 Å². The van der Waals surface area contributed by atoms with Crippen molar-refractivity contribution >= 4 is 17.7 Å². The monoisotopic (exact) mass is 409 g/mol. The molecule has 0 bridgehead atoms. The fraction of sp³-hybridized carbons (Fsp3) is 0.850. The van der Waals surface area contributed by atoms with Crippen LogP contribution in [0.25, 0.3) is 0 Å². The lowest BCUT2D eigenvalue weighted by molar-refractivity contribution is 0.265. The molecule has 1 aromatic heterocycles. The van der Waals surface area contributed by atoms with Crippen LogP contribution >= 0.6 is 11.8 Å². The molecule has 7 nitrogen and oxygen atoms in total. The van der Waals surface area contributed by atoms with Crippen LogP contribution in [-0.2, 0) is 13.0 Å². The third kappa shape index (κ3) is 6.37. The molecule has 2 unspecified atom stereocenters. The lowest BCUT2D eigenvalue weighted by atomic mass is 10.1. The first-order valence-corrected chi connectivity index (χ1v) is 11.7. The molecule has 1 aromatic rings. The van der Waals surface area contributed by atoms with Crippen molar-refractivity contribution in [2.75, 3.05) is 32.9 Å². The number of hydrogen-bond acceptors (Lipinski definition) is 5. The summed E-state index contributed by atoms with van der Waals surface area (Å²) >= 11 is 1.67. The van der Waals surface area contributed by atoms with Gasteiger partial charge in [0.25, 0.3) is 0 Å². The topological polar surface area (TPSA) is 70.4 Å². The second-order valence-electron chi connectivity index (χ2n) is 8.49. The highest BCUT2D eigenvalue weighted by Gasteiger charge is 2.31. The SMILES string of the molecule is CN=C(NCCCc1nnc(SC)n1CC(C)C)NC1CN(C(C)C)CC1C. The Morgan fingerprint density at radius 3 is 2.57 bits per heavy atom. The molecule has 0 aliphatic carbocycles. The molecular formula is C20H39N7S. The van der Waals surface area contributed by atoms with E-state index in [1.807, 2.05) is 7.05 Å². The molecule has 2 heterocycles. The van der Waals surface area contributed by atoms with Gasteiger partial charge in [0.05, 0.1) is 0 Å². The fourth-order valence-electron chi connectivity index (χ4n) is 3.64. The van der Waals surface area contributed by atoms with E-state index < -0.39 is 0 Å². The van der Waals surface area contributed by atoms with Gasteiger partial charge in [0.1, 0.15) is 5.82 Å². The summed E-state index contributed by atoms with van der Waals surface area (Å²) in [6, 6.07) is 1.05. The quantitative estimate of drug-likeness (QED) is 0.283. The number of aliphatic imine (C=N–C) groups is 1. The molecule has 8 heteroatoms. The van der Waals surface area contributed by atoms with Gasteiger partial charge in [0.15, 0.2) is 11.1 Å². The second kappa shape index (κ2) is 11.0. The maximum absolute atomic E-state index is 4.41. The van der Waals surface area contributed by atoms with E-state index in [4.69, 9.17) is 0 Å². The van der Waals surface area contributed by atoms with Crippen molar-refractivity contribution in [3.05, 3.63) is 5.82 Å². The Labute approximate surface area is 175 Å². The average Bonchev–Trinajstić information content (AvgIpc) is 3.20. The number of nitrogens with zero attached hydrogens (tertiary/aromatic N) is 5. The maximum Gasteiger partial charge on any atom is 0.191 e. The molecule has 1 saturated heterocycles. The standard InChI is InChI=1S/C20H39N7S/c1-14(2)11-27-18(24-25-20(27)28-7)9-8-10-22-19(21-6)23-17-13-26(15(3)4)12-16(17)5/h14-17H,8-13H2,1-7H3,(H2,21,22,23). The fourth-order valence-corrected chi connectivity index (χ4v) is 4.16. The summed E-state index contributed by atoms with van der Waals surface area (Å²) < 4.78 is 2.27. The predicted molar refractivity (Wildman–Crippen MR) is 119 cm³/mol. The zero-order valence-electron chi connectivity index (χ0n) is 18.7. The van der Waals surface area contributed by atoms with Crippen molar-refractivity contribution in [3.8, 4) is 0 Å². The number of thioether (sulfide) groups is 1. The minimum atomic E-state index is 0.451. The number of aryl methyl sites for hydroxylation is 1. The first-order chi connectivity index (χ1) is 13.3. The third-order valence-electron chi connectivity index (χ3n) is 5.31. The van der Waals surface area contributed by atoms with Gasteiger partial charge >= 0.3 is 0 Å². The van der Waals surface area contributed by atoms with E-state index in [0.29, 0.717) is 23.9 Å². The van der Waals surface area contributed by atoms with Crippen molar-refractivity contribution in [2.45, 2.75) is 71.2 Å². The Bertz CT molecular complexity index is 626. The van der Waals surface area contributed by atoms with Gasteiger partial charge in [-0.3, -0.25) is 9.89 Å². The van der Waals surface area contributed by atoms with Gasteiger partial charge in [-0.05, 0) is 38.4 Å². The molecule has 1 aliphatic heterocycles. The molecule has 28 heavy (non-hydrogen) atoms. The van der Waals surface area contributed by atoms with E-state index in [-0.39, 0.29) is 0 Å². The largest absolute Gasteiger partial charge is 0.356 e. The van der Waals surface area contributed by atoms with Gasteiger partial charge in [-0.25, -0.2) is 0 Å². The minimum absolute atomic E-state index is 0.451. The number of rotatable bonds is 9. The molecule has 1 aliphatic rings. The van der Waals surface area contributed by atoms with Crippen LogP contribution in [0.4, 0.5) is 0 Å². The van der Waals surface area contributed by atoms with E-state index in [0.717, 1.165) is 56.0 Å². The Kier molecular flexibility index (Phi) is 9.08. The number of likely N-dealkylation sites (tertiary alicyclic amines) is 1. The van der Waals surface area contributed by atoms with Crippen molar-refractivity contribution in [3.63, 3.8) is 0 Å². The molecule has 0 aromatic carbocycles. The first-order valence-electron chi connectivity index (χ1n) is 10.5. The number of nitrogens with one attached hydrogen (secondary N) is 2. The molecule has 2 rings (SSSR count). The van der Waals surface area contributed by atoms with Gasteiger partial charge in [0.2, 0.25) is 0 Å². The summed E-state index contributed by atoms with van der Waals surface area (Å²) in [5.41, 5.74) is 0. The van der Waals surface area contributed by atoms with Crippen LogP contribution < -0.4 is 10.6 Å². The molecular weight excluding hydrogens is 370 g/mol.